The summed E-state index contributed by atoms with van der Waals surface area (Å²) in [5.41, 5.74) is 7.94. The topological polar surface area (TPSA) is 26.0 Å². The standard InChI is InChI=1S/C15H16BrNS/c16-14-8-1-2-9-15(14)18-10-4-6-12-5-3-7-13(17)11-12/h1-3,5,7-9,11H,4,6,10,17H2. The Labute approximate surface area is 121 Å². The Kier molecular flexibility index (Phi) is 5.14. The summed E-state index contributed by atoms with van der Waals surface area (Å²) in [6.07, 6.45) is 2.25. The molecule has 0 radical (unpaired) electrons. The highest BCUT2D eigenvalue weighted by atomic mass is 79.9. The average molecular weight is 322 g/mol. The predicted octanol–water partition coefficient (Wildman–Crippen LogP) is 4.76. The third kappa shape index (κ3) is 4.07. The fourth-order valence-corrected chi connectivity index (χ4v) is 3.29. The van der Waals surface area contributed by atoms with Crippen LogP contribution in [-0.4, -0.2) is 5.75 Å². The molecule has 2 rings (SSSR count). The van der Waals surface area contributed by atoms with E-state index >= 15 is 0 Å². The van der Waals surface area contributed by atoms with Gasteiger partial charge < -0.3 is 5.73 Å². The molecule has 0 aliphatic heterocycles. The first-order chi connectivity index (χ1) is 8.75. The summed E-state index contributed by atoms with van der Waals surface area (Å²) in [5, 5.41) is 0. The minimum absolute atomic E-state index is 0.853. The van der Waals surface area contributed by atoms with Gasteiger partial charge in [0.05, 0.1) is 0 Å². The largest absolute Gasteiger partial charge is 0.399 e. The van der Waals surface area contributed by atoms with Gasteiger partial charge in [0.25, 0.3) is 0 Å². The van der Waals surface area contributed by atoms with Crippen LogP contribution in [0.15, 0.2) is 57.9 Å². The summed E-state index contributed by atoms with van der Waals surface area (Å²) < 4.78 is 1.18. The number of benzene rings is 2. The molecule has 2 N–H and O–H groups in total. The average Bonchev–Trinajstić information content (AvgIpc) is 2.37. The molecule has 0 heterocycles. The van der Waals surface area contributed by atoms with Crippen molar-refractivity contribution < 1.29 is 0 Å². The third-order valence-corrected chi connectivity index (χ3v) is 4.77. The second-order valence-corrected chi connectivity index (χ2v) is 6.12. The van der Waals surface area contributed by atoms with Crippen molar-refractivity contribution in [3.05, 3.63) is 58.6 Å². The van der Waals surface area contributed by atoms with Crippen molar-refractivity contribution in [1.82, 2.24) is 0 Å². The van der Waals surface area contributed by atoms with Gasteiger partial charge in [-0.1, -0.05) is 24.3 Å². The lowest BCUT2D eigenvalue weighted by atomic mass is 10.1. The highest BCUT2D eigenvalue weighted by Crippen LogP contribution is 2.27. The van der Waals surface area contributed by atoms with Crippen LogP contribution in [0.25, 0.3) is 0 Å². The highest BCUT2D eigenvalue weighted by Gasteiger charge is 1.99. The van der Waals surface area contributed by atoms with Crippen molar-refractivity contribution in [3.8, 4) is 0 Å². The Hall–Kier alpha value is -0.930. The number of thioether (sulfide) groups is 1. The number of aryl methyl sites for hydroxylation is 1. The van der Waals surface area contributed by atoms with E-state index in [1.807, 2.05) is 30.0 Å². The maximum Gasteiger partial charge on any atom is 0.0316 e. The molecule has 0 amide bonds. The number of nitrogen functional groups attached to an aromatic ring is 1. The third-order valence-electron chi connectivity index (χ3n) is 2.66. The Morgan fingerprint density at radius 2 is 1.89 bits per heavy atom. The van der Waals surface area contributed by atoms with Gasteiger partial charge in [0.15, 0.2) is 0 Å². The zero-order chi connectivity index (χ0) is 12.8. The monoisotopic (exact) mass is 321 g/mol. The first-order valence-electron chi connectivity index (χ1n) is 5.97. The van der Waals surface area contributed by atoms with Crippen molar-refractivity contribution in [3.63, 3.8) is 0 Å². The van der Waals surface area contributed by atoms with Crippen LogP contribution in [0.3, 0.4) is 0 Å². The maximum absolute atomic E-state index is 5.76. The van der Waals surface area contributed by atoms with Crippen molar-refractivity contribution >= 4 is 33.4 Å². The van der Waals surface area contributed by atoms with Gasteiger partial charge in [-0.15, -0.1) is 11.8 Å². The maximum atomic E-state index is 5.76. The number of hydrogen-bond acceptors (Lipinski definition) is 2. The van der Waals surface area contributed by atoms with E-state index in [2.05, 4.69) is 46.3 Å². The molecule has 0 aliphatic carbocycles. The van der Waals surface area contributed by atoms with Gasteiger partial charge in [-0.25, -0.2) is 0 Å². The molecule has 0 atom stereocenters. The van der Waals surface area contributed by atoms with Crippen LogP contribution in [-0.2, 0) is 6.42 Å². The summed E-state index contributed by atoms with van der Waals surface area (Å²) in [7, 11) is 0. The Morgan fingerprint density at radius 1 is 1.06 bits per heavy atom. The van der Waals surface area contributed by atoms with Gasteiger partial charge in [-0.2, -0.15) is 0 Å². The molecule has 0 saturated carbocycles. The Bertz CT molecular complexity index is 513. The number of halogens is 1. The van der Waals surface area contributed by atoms with Gasteiger partial charge >= 0.3 is 0 Å². The van der Waals surface area contributed by atoms with Crippen LogP contribution in [0.5, 0.6) is 0 Å². The molecule has 18 heavy (non-hydrogen) atoms. The van der Waals surface area contributed by atoms with Crippen LogP contribution >= 0.6 is 27.7 Å². The molecule has 94 valence electrons. The first kappa shape index (κ1) is 13.5. The summed E-state index contributed by atoms with van der Waals surface area (Å²) in [6, 6.07) is 16.5. The smallest absolute Gasteiger partial charge is 0.0316 e. The fourth-order valence-electron chi connectivity index (χ4n) is 1.77. The fraction of sp³-hybridized carbons (Fsp3) is 0.200. The summed E-state index contributed by atoms with van der Waals surface area (Å²) in [4.78, 5) is 1.31. The lowest BCUT2D eigenvalue weighted by Gasteiger charge is -2.05. The number of anilines is 1. The summed E-state index contributed by atoms with van der Waals surface area (Å²) in [5.74, 6) is 1.12. The Morgan fingerprint density at radius 3 is 2.67 bits per heavy atom. The second-order valence-electron chi connectivity index (χ2n) is 4.13. The number of rotatable bonds is 5. The van der Waals surface area contributed by atoms with E-state index < -0.39 is 0 Å². The van der Waals surface area contributed by atoms with E-state index in [-0.39, 0.29) is 0 Å². The van der Waals surface area contributed by atoms with E-state index in [9.17, 15) is 0 Å². The van der Waals surface area contributed by atoms with Crippen LogP contribution < -0.4 is 5.73 Å². The predicted molar refractivity (Wildman–Crippen MR) is 84.0 cm³/mol. The molecule has 0 spiro atoms. The van der Waals surface area contributed by atoms with Gasteiger partial charge in [-0.05, 0) is 64.4 Å². The minimum atomic E-state index is 0.853. The summed E-state index contributed by atoms with van der Waals surface area (Å²) >= 11 is 5.46. The quantitative estimate of drug-likeness (QED) is 0.488. The van der Waals surface area contributed by atoms with E-state index in [4.69, 9.17) is 5.73 Å². The van der Waals surface area contributed by atoms with E-state index in [1.54, 1.807) is 0 Å². The molecular formula is C15H16BrNS. The van der Waals surface area contributed by atoms with E-state index in [0.717, 1.165) is 24.3 Å². The van der Waals surface area contributed by atoms with Crippen LogP contribution in [0.1, 0.15) is 12.0 Å². The zero-order valence-electron chi connectivity index (χ0n) is 10.1. The molecule has 0 fully saturated rings. The minimum Gasteiger partial charge on any atom is -0.399 e. The second kappa shape index (κ2) is 6.86. The Balaban J connectivity index is 1.78. The van der Waals surface area contributed by atoms with E-state index in [1.165, 1.54) is 14.9 Å². The van der Waals surface area contributed by atoms with E-state index in [0.29, 0.717) is 0 Å². The van der Waals surface area contributed by atoms with Crippen LogP contribution in [0.4, 0.5) is 5.69 Å². The van der Waals surface area contributed by atoms with Gasteiger partial charge in [-0.3, -0.25) is 0 Å². The molecule has 3 heteroatoms. The van der Waals surface area contributed by atoms with Gasteiger partial charge in [0, 0.05) is 15.1 Å². The molecule has 0 aliphatic rings. The highest BCUT2D eigenvalue weighted by molar-refractivity contribution is 9.10. The summed E-state index contributed by atoms with van der Waals surface area (Å²) in [6.45, 7) is 0. The van der Waals surface area contributed by atoms with Crippen LogP contribution in [0, 0.1) is 0 Å². The molecular weight excluding hydrogens is 306 g/mol. The molecule has 2 aromatic rings. The molecule has 0 saturated heterocycles. The van der Waals surface area contributed by atoms with Crippen LogP contribution in [0.2, 0.25) is 0 Å². The molecule has 2 aromatic carbocycles. The molecule has 0 unspecified atom stereocenters. The molecule has 1 nitrogen and oxygen atoms in total. The SMILES string of the molecule is Nc1cccc(CCCSc2ccccc2Br)c1. The normalized spacial score (nSPS) is 10.5. The number of nitrogens with two attached hydrogens (primary N) is 1. The van der Waals surface area contributed by atoms with Gasteiger partial charge in [0.2, 0.25) is 0 Å². The zero-order valence-corrected chi connectivity index (χ0v) is 12.5. The van der Waals surface area contributed by atoms with Gasteiger partial charge in [0.1, 0.15) is 0 Å². The van der Waals surface area contributed by atoms with Crippen molar-refractivity contribution in [1.29, 1.82) is 0 Å². The lowest BCUT2D eigenvalue weighted by molar-refractivity contribution is 0.933. The van der Waals surface area contributed by atoms with Crippen molar-refractivity contribution in [2.24, 2.45) is 0 Å². The first-order valence-corrected chi connectivity index (χ1v) is 7.75. The van der Waals surface area contributed by atoms with Crippen molar-refractivity contribution in [2.75, 3.05) is 11.5 Å². The van der Waals surface area contributed by atoms with Crippen molar-refractivity contribution in [2.45, 2.75) is 17.7 Å². The molecule has 0 aromatic heterocycles. The number of hydrogen-bond donors (Lipinski definition) is 1. The molecule has 0 bridgehead atoms. The lowest BCUT2D eigenvalue weighted by Crippen LogP contribution is -1.91.